The molecule has 0 aromatic carbocycles. The van der Waals surface area contributed by atoms with Crippen molar-refractivity contribution >= 4 is 5.97 Å². The quantitative estimate of drug-likeness (QED) is 0.564. The SMILES string of the molecule is CCOC(=O)c1cnn(C)n1. The van der Waals surface area contributed by atoms with E-state index in [-0.39, 0.29) is 5.69 Å². The number of nitrogens with zero attached hydrogens (tertiary/aromatic N) is 3. The van der Waals surface area contributed by atoms with Crippen molar-refractivity contribution in [2.24, 2.45) is 7.05 Å². The topological polar surface area (TPSA) is 57.0 Å². The number of carbonyl (C=O) groups excluding carboxylic acids is 1. The molecule has 1 rings (SSSR count). The van der Waals surface area contributed by atoms with Gasteiger partial charge < -0.3 is 4.74 Å². The molecule has 0 amide bonds. The minimum absolute atomic E-state index is 0.245. The highest BCUT2D eigenvalue weighted by atomic mass is 16.5. The van der Waals surface area contributed by atoms with Crippen LogP contribution in [0, 0.1) is 0 Å². The first kappa shape index (κ1) is 7.71. The molecule has 0 aliphatic heterocycles. The fourth-order valence-corrected chi connectivity index (χ4v) is 0.644. The van der Waals surface area contributed by atoms with Gasteiger partial charge in [0.05, 0.1) is 12.8 Å². The molecule has 5 nitrogen and oxygen atoms in total. The summed E-state index contributed by atoms with van der Waals surface area (Å²) in [6.07, 6.45) is 1.37. The van der Waals surface area contributed by atoms with Crippen LogP contribution in [0.25, 0.3) is 0 Å². The number of hydrogen-bond acceptors (Lipinski definition) is 4. The van der Waals surface area contributed by atoms with Gasteiger partial charge in [0, 0.05) is 7.05 Å². The average molecular weight is 155 g/mol. The lowest BCUT2D eigenvalue weighted by Gasteiger charge is -1.94. The van der Waals surface area contributed by atoms with Gasteiger partial charge in [-0.2, -0.15) is 9.90 Å². The van der Waals surface area contributed by atoms with E-state index in [1.165, 1.54) is 11.0 Å². The number of aromatic nitrogens is 3. The number of aryl methyl sites for hydroxylation is 1. The number of esters is 1. The first-order valence-electron chi connectivity index (χ1n) is 3.27. The highest BCUT2D eigenvalue weighted by molar-refractivity contribution is 5.86. The second-order valence-electron chi connectivity index (χ2n) is 1.94. The summed E-state index contributed by atoms with van der Waals surface area (Å²) in [6, 6.07) is 0. The Kier molecular flexibility index (Phi) is 2.20. The Morgan fingerprint density at radius 2 is 2.55 bits per heavy atom. The second kappa shape index (κ2) is 3.14. The fourth-order valence-electron chi connectivity index (χ4n) is 0.644. The van der Waals surface area contributed by atoms with Gasteiger partial charge in [0.15, 0.2) is 5.69 Å². The molecule has 0 unspecified atom stereocenters. The van der Waals surface area contributed by atoms with Crippen molar-refractivity contribution in [1.82, 2.24) is 15.0 Å². The summed E-state index contributed by atoms with van der Waals surface area (Å²) < 4.78 is 4.69. The van der Waals surface area contributed by atoms with Crippen LogP contribution in [0.4, 0.5) is 0 Å². The Balaban J connectivity index is 2.69. The van der Waals surface area contributed by atoms with E-state index in [1.54, 1.807) is 14.0 Å². The van der Waals surface area contributed by atoms with Gasteiger partial charge in [0.2, 0.25) is 0 Å². The number of carbonyl (C=O) groups is 1. The van der Waals surface area contributed by atoms with E-state index in [0.29, 0.717) is 6.61 Å². The molecular weight excluding hydrogens is 146 g/mol. The third-order valence-electron chi connectivity index (χ3n) is 1.08. The largest absolute Gasteiger partial charge is 0.461 e. The molecule has 0 fully saturated rings. The van der Waals surface area contributed by atoms with Crippen molar-refractivity contribution in [2.75, 3.05) is 6.61 Å². The predicted molar refractivity (Wildman–Crippen MR) is 37.0 cm³/mol. The van der Waals surface area contributed by atoms with Gasteiger partial charge in [-0.05, 0) is 6.92 Å². The molecular formula is C6H9N3O2. The van der Waals surface area contributed by atoms with Crippen molar-refractivity contribution in [3.05, 3.63) is 11.9 Å². The highest BCUT2D eigenvalue weighted by Crippen LogP contribution is 1.93. The van der Waals surface area contributed by atoms with Crippen molar-refractivity contribution < 1.29 is 9.53 Å². The number of hydrogen-bond donors (Lipinski definition) is 0. The molecule has 0 radical (unpaired) electrons. The van der Waals surface area contributed by atoms with Gasteiger partial charge in [-0.3, -0.25) is 0 Å². The van der Waals surface area contributed by atoms with Crippen LogP contribution >= 0.6 is 0 Å². The fraction of sp³-hybridized carbons (Fsp3) is 0.500. The zero-order valence-electron chi connectivity index (χ0n) is 6.44. The Bertz CT molecular complexity index is 256. The minimum atomic E-state index is -0.430. The molecule has 1 aromatic rings. The monoisotopic (exact) mass is 155 g/mol. The summed E-state index contributed by atoms with van der Waals surface area (Å²) in [7, 11) is 1.64. The molecule has 0 bridgehead atoms. The zero-order valence-corrected chi connectivity index (χ0v) is 6.44. The van der Waals surface area contributed by atoms with Crippen LogP contribution in [0.1, 0.15) is 17.4 Å². The predicted octanol–water partition coefficient (Wildman–Crippen LogP) is -0.00820. The third-order valence-corrected chi connectivity index (χ3v) is 1.08. The van der Waals surface area contributed by atoms with Crippen molar-refractivity contribution in [3.8, 4) is 0 Å². The first-order valence-corrected chi connectivity index (χ1v) is 3.27. The van der Waals surface area contributed by atoms with E-state index >= 15 is 0 Å². The van der Waals surface area contributed by atoms with E-state index in [0.717, 1.165) is 0 Å². The van der Waals surface area contributed by atoms with Gasteiger partial charge in [-0.25, -0.2) is 4.79 Å². The lowest BCUT2D eigenvalue weighted by atomic mass is 10.5. The molecule has 0 aliphatic rings. The summed E-state index contributed by atoms with van der Waals surface area (Å²) in [6.45, 7) is 2.10. The van der Waals surface area contributed by atoms with E-state index in [9.17, 15) is 4.79 Å². The number of ether oxygens (including phenoxy) is 1. The summed E-state index contributed by atoms with van der Waals surface area (Å²) in [5, 5.41) is 7.48. The maximum Gasteiger partial charge on any atom is 0.360 e. The van der Waals surface area contributed by atoms with E-state index < -0.39 is 5.97 Å². The Morgan fingerprint density at radius 1 is 1.82 bits per heavy atom. The molecule has 1 heterocycles. The molecule has 11 heavy (non-hydrogen) atoms. The summed E-state index contributed by atoms with van der Waals surface area (Å²) in [5.74, 6) is -0.430. The molecule has 0 saturated carbocycles. The van der Waals surface area contributed by atoms with Crippen LogP contribution < -0.4 is 0 Å². The highest BCUT2D eigenvalue weighted by Gasteiger charge is 2.09. The molecule has 60 valence electrons. The van der Waals surface area contributed by atoms with Gasteiger partial charge >= 0.3 is 5.97 Å². The van der Waals surface area contributed by atoms with E-state index in [1.807, 2.05) is 0 Å². The van der Waals surface area contributed by atoms with Gasteiger partial charge in [0.25, 0.3) is 0 Å². The van der Waals surface area contributed by atoms with Crippen LogP contribution in [-0.4, -0.2) is 27.6 Å². The molecule has 1 aromatic heterocycles. The molecule has 0 spiro atoms. The van der Waals surface area contributed by atoms with E-state index in [4.69, 9.17) is 0 Å². The Hall–Kier alpha value is -1.39. The Morgan fingerprint density at radius 3 is 3.00 bits per heavy atom. The average Bonchev–Trinajstić information content (AvgIpc) is 2.36. The summed E-state index contributed by atoms with van der Waals surface area (Å²) in [5.41, 5.74) is 0.245. The lowest BCUT2D eigenvalue weighted by Crippen LogP contribution is -2.05. The molecule has 0 atom stereocenters. The Labute approximate surface area is 64.0 Å². The summed E-state index contributed by atoms with van der Waals surface area (Å²) in [4.78, 5) is 12.2. The van der Waals surface area contributed by atoms with Gasteiger partial charge in [0.1, 0.15) is 0 Å². The van der Waals surface area contributed by atoms with Crippen LogP contribution in [0.5, 0.6) is 0 Å². The minimum Gasteiger partial charge on any atom is -0.461 e. The smallest absolute Gasteiger partial charge is 0.360 e. The normalized spacial score (nSPS) is 9.64. The maximum absolute atomic E-state index is 10.9. The maximum atomic E-state index is 10.9. The van der Waals surface area contributed by atoms with Crippen molar-refractivity contribution in [3.63, 3.8) is 0 Å². The third kappa shape index (κ3) is 1.76. The zero-order chi connectivity index (χ0) is 8.27. The molecule has 5 heteroatoms. The second-order valence-corrected chi connectivity index (χ2v) is 1.94. The van der Waals surface area contributed by atoms with Crippen LogP contribution in [0.15, 0.2) is 6.20 Å². The van der Waals surface area contributed by atoms with Crippen molar-refractivity contribution in [2.45, 2.75) is 6.92 Å². The molecule has 0 N–H and O–H groups in total. The van der Waals surface area contributed by atoms with E-state index in [2.05, 4.69) is 14.9 Å². The van der Waals surface area contributed by atoms with Crippen molar-refractivity contribution in [1.29, 1.82) is 0 Å². The van der Waals surface area contributed by atoms with Gasteiger partial charge in [-0.15, -0.1) is 5.10 Å². The van der Waals surface area contributed by atoms with Crippen LogP contribution in [-0.2, 0) is 11.8 Å². The number of rotatable bonds is 2. The molecule has 0 aliphatic carbocycles. The molecule has 0 saturated heterocycles. The lowest BCUT2D eigenvalue weighted by molar-refractivity contribution is 0.0518. The van der Waals surface area contributed by atoms with Gasteiger partial charge in [-0.1, -0.05) is 0 Å². The van der Waals surface area contributed by atoms with Crippen LogP contribution in [0.3, 0.4) is 0 Å². The first-order chi connectivity index (χ1) is 5.24. The van der Waals surface area contributed by atoms with Crippen LogP contribution in [0.2, 0.25) is 0 Å². The standard InChI is InChI=1S/C6H9N3O2/c1-3-11-6(10)5-4-7-9(2)8-5/h4H,3H2,1-2H3. The summed E-state index contributed by atoms with van der Waals surface area (Å²) >= 11 is 0.